The number of ether oxygens (including phenoxy) is 10. The van der Waals surface area contributed by atoms with Crippen LogP contribution in [-0.2, 0) is 85.7 Å². The van der Waals surface area contributed by atoms with E-state index in [9.17, 15) is 38.4 Å². The van der Waals surface area contributed by atoms with Gasteiger partial charge >= 0.3 is 5.97 Å². The number of esters is 1. The van der Waals surface area contributed by atoms with Crippen molar-refractivity contribution in [3.8, 4) is 0 Å². The molecule has 0 aliphatic carbocycles. The molecule has 0 aromatic heterocycles. The van der Waals surface area contributed by atoms with Gasteiger partial charge < -0.3 is 73.5 Å². The number of carbonyl (C=O) groups excluding carboxylic acids is 8. The molecule has 3 rings (SSSR count). The molecule has 2 atom stereocenters. The molecule has 1 aromatic carbocycles. The van der Waals surface area contributed by atoms with Crippen molar-refractivity contribution in [3.63, 3.8) is 0 Å². The van der Waals surface area contributed by atoms with Gasteiger partial charge in [0.1, 0.15) is 6.04 Å². The number of hydrogen-bond acceptors (Lipinski definition) is 18. The van der Waals surface area contributed by atoms with E-state index in [2.05, 4.69) is 21.3 Å². The Labute approximate surface area is 401 Å². The van der Waals surface area contributed by atoms with E-state index in [1.165, 1.54) is 26.0 Å². The van der Waals surface area contributed by atoms with E-state index in [0.29, 0.717) is 137 Å². The van der Waals surface area contributed by atoms with Gasteiger partial charge in [0.05, 0.1) is 125 Å². The summed E-state index contributed by atoms with van der Waals surface area (Å²) >= 11 is 0. The van der Waals surface area contributed by atoms with Crippen molar-refractivity contribution in [1.82, 2.24) is 25.8 Å². The maximum atomic E-state index is 13.0. The Morgan fingerprint density at radius 3 is 1.58 bits per heavy atom. The fraction of sp³-hybridized carbons (Fsp3) is 0.644. The zero-order chi connectivity index (χ0) is 49.9. The Morgan fingerprint density at radius 2 is 1.09 bits per heavy atom. The Balaban J connectivity index is 1.03. The van der Waals surface area contributed by atoms with E-state index < -0.39 is 47.7 Å². The Kier molecular flexibility index (Phi) is 29.9. The smallest absolute Gasteiger partial charge is 0.303 e. The highest BCUT2D eigenvalue weighted by Crippen LogP contribution is 2.23. The molecule has 69 heavy (non-hydrogen) atoms. The quantitative estimate of drug-likeness (QED) is 0.0339. The van der Waals surface area contributed by atoms with Crippen molar-refractivity contribution < 1.29 is 85.7 Å². The van der Waals surface area contributed by atoms with E-state index >= 15 is 0 Å². The predicted octanol–water partition coefficient (Wildman–Crippen LogP) is -1.34. The first-order valence-electron chi connectivity index (χ1n) is 22.9. The highest BCUT2D eigenvalue weighted by Gasteiger charge is 2.30. The van der Waals surface area contributed by atoms with Gasteiger partial charge in [-0.25, -0.2) is 0 Å². The number of carbonyl (C=O) groups is 8. The fourth-order valence-electron chi connectivity index (χ4n) is 6.04. The largest absolute Gasteiger partial charge is 0.447 e. The summed E-state index contributed by atoms with van der Waals surface area (Å²) in [5.41, 5.74) is 0.830. The summed E-state index contributed by atoms with van der Waals surface area (Å²) in [5.74, 6) is -3.54. The maximum absolute atomic E-state index is 13.0. The summed E-state index contributed by atoms with van der Waals surface area (Å²) in [6, 6.07) is 5.35. The second kappa shape index (κ2) is 35.6. The van der Waals surface area contributed by atoms with E-state index in [0.717, 1.165) is 4.90 Å². The summed E-state index contributed by atoms with van der Waals surface area (Å²) in [5, 5.41) is 10.4. The van der Waals surface area contributed by atoms with Gasteiger partial charge in [-0.2, -0.15) is 0 Å². The van der Waals surface area contributed by atoms with Gasteiger partial charge in [-0.3, -0.25) is 43.3 Å². The zero-order valence-corrected chi connectivity index (χ0v) is 39.5. The van der Waals surface area contributed by atoms with Gasteiger partial charge in [0.15, 0.2) is 0 Å². The maximum Gasteiger partial charge on any atom is 0.303 e. The molecule has 1 saturated heterocycles. The molecule has 24 nitrogen and oxygen atoms in total. The van der Waals surface area contributed by atoms with Crippen LogP contribution in [0.3, 0.4) is 0 Å². The lowest BCUT2D eigenvalue weighted by atomic mass is 10.1. The van der Waals surface area contributed by atoms with E-state index in [1.54, 1.807) is 29.2 Å². The lowest BCUT2D eigenvalue weighted by molar-refractivity contribution is -0.161. The Bertz CT molecular complexity index is 1740. The third-order valence-corrected chi connectivity index (χ3v) is 9.63. The molecule has 1 aromatic rings. The van der Waals surface area contributed by atoms with Gasteiger partial charge in [-0.1, -0.05) is 12.1 Å². The van der Waals surface area contributed by atoms with Crippen LogP contribution in [0, 0.1) is 0 Å². The second-order valence-corrected chi connectivity index (χ2v) is 15.0. The lowest BCUT2D eigenvalue weighted by Gasteiger charge is -2.30. The number of benzene rings is 1. The number of imide groups is 1. The number of anilines is 1. The monoisotopic (exact) mass is 980 g/mol. The number of nitrogens with one attached hydrogen (secondary N) is 4. The van der Waals surface area contributed by atoms with E-state index in [-0.39, 0.29) is 51.0 Å². The Morgan fingerprint density at radius 1 is 0.609 bits per heavy atom. The highest BCUT2D eigenvalue weighted by molar-refractivity contribution is 6.13. The van der Waals surface area contributed by atoms with Crippen LogP contribution in [0.15, 0.2) is 36.4 Å². The number of rotatable bonds is 38. The van der Waals surface area contributed by atoms with Crippen molar-refractivity contribution in [2.24, 2.45) is 0 Å². The molecule has 2 aliphatic heterocycles. The minimum absolute atomic E-state index is 0.0200. The summed E-state index contributed by atoms with van der Waals surface area (Å²) in [6.45, 7) is 9.99. The predicted molar refractivity (Wildman–Crippen MR) is 242 cm³/mol. The third-order valence-electron chi connectivity index (χ3n) is 9.63. The first kappa shape index (κ1) is 57.9. The van der Waals surface area contributed by atoms with Gasteiger partial charge in [-0.05, 0) is 19.1 Å². The van der Waals surface area contributed by atoms with Crippen molar-refractivity contribution in [3.05, 3.63) is 42.0 Å². The molecule has 0 radical (unpaired) electrons. The minimum Gasteiger partial charge on any atom is -0.447 e. The number of nitrogens with zero attached hydrogens (tertiary/aromatic N) is 2. The summed E-state index contributed by atoms with van der Waals surface area (Å²) in [7, 11) is 0. The van der Waals surface area contributed by atoms with Gasteiger partial charge in [-0.15, -0.1) is 0 Å². The molecule has 7 amide bonds. The van der Waals surface area contributed by atoms with Crippen molar-refractivity contribution in [2.45, 2.75) is 38.8 Å². The van der Waals surface area contributed by atoms with Crippen molar-refractivity contribution in [1.29, 1.82) is 0 Å². The summed E-state index contributed by atoms with van der Waals surface area (Å²) in [6.07, 6.45) is 1.28. The molecule has 0 spiro atoms. The lowest BCUT2D eigenvalue weighted by Crippen LogP contribution is -2.46. The average molecular weight is 981 g/mol. The van der Waals surface area contributed by atoms with Crippen LogP contribution in [0.5, 0.6) is 0 Å². The molecular formula is C45H68N6O18. The molecule has 2 aliphatic rings. The molecule has 0 bridgehead atoms. The second-order valence-electron chi connectivity index (χ2n) is 15.0. The van der Waals surface area contributed by atoms with Gasteiger partial charge in [0, 0.05) is 69.3 Å². The number of amides is 7. The van der Waals surface area contributed by atoms with Gasteiger partial charge in [0.25, 0.3) is 17.7 Å². The first-order valence-corrected chi connectivity index (χ1v) is 22.9. The molecular weight excluding hydrogens is 913 g/mol. The van der Waals surface area contributed by atoms with Crippen LogP contribution in [-0.4, -0.2) is 215 Å². The van der Waals surface area contributed by atoms with Crippen molar-refractivity contribution >= 4 is 53.0 Å². The SMILES string of the molecule is CC(=O)OC(C(=O)N1CCOCC1)c1ccc(NC(=O)CNC(=O)C(C)NC(=O)CCOCCOCCOCCOCCOCCOCCOCCOCCNC(=O)CCN2C(=O)C=CC2=O)cc1. The highest BCUT2D eigenvalue weighted by atomic mass is 16.6. The van der Waals surface area contributed by atoms with Crippen LogP contribution < -0.4 is 21.3 Å². The third kappa shape index (κ3) is 26.2. The van der Waals surface area contributed by atoms with Gasteiger partial charge in [0.2, 0.25) is 29.7 Å². The molecule has 1 fully saturated rings. The Hall–Kier alpha value is -5.44. The standard InChI is InChI=1S/C45H68N6O18/c1-34(44(58)47-33-40(55)49-37-5-3-36(4-6-37)43(69-35(2)52)45(59)50-13-17-62-18-14-50)48-39(54)10-15-60-19-21-63-23-25-65-27-29-67-31-32-68-30-28-66-26-24-64-22-20-61-16-11-46-38(53)9-12-51-41(56)7-8-42(51)57/h3-8,34,43H,9-33H2,1-2H3,(H,46,53)(H,47,58)(H,48,54)(H,49,55). The number of morpholine rings is 1. The molecule has 2 unspecified atom stereocenters. The van der Waals surface area contributed by atoms with Crippen LogP contribution >= 0.6 is 0 Å². The van der Waals surface area contributed by atoms with Crippen LogP contribution in [0.4, 0.5) is 5.69 Å². The number of hydrogen-bond donors (Lipinski definition) is 4. The topological polar surface area (TPSA) is 283 Å². The molecule has 2 heterocycles. The molecule has 24 heteroatoms. The molecule has 0 saturated carbocycles. The van der Waals surface area contributed by atoms with E-state index in [4.69, 9.17) is 47.4 Å². The average Bonchev–Trinajstić information content (AvgIpc) is 3.66. The zero-order valence-electron chi connectivity index (χ0n) is 39.5. The summed E-state index contributed by atoms with van der Waals surface area (Å²) in [4.78, 5) is 99.4. The minimum atomic E-state index is -1.14. The molecule has 386 valence electrons. The van der Waals surface area contributed by atoms with Crippen molar-refractivity contribution in [2.75, 3.05) is 157 Å². The molecule has 4 N–H and O–H groups in total. The summed E-state index contributed by atoms with van der Waals surface area (Å²) < 4.78 is 54.2. The van der Waals surface area contributed by atoms with Crippen LogP contribution in [0.25, 0.3) is 0 Å². The fourth-order valence-corrected chi connectivity index (χ4v) is 6.04. The van der Waals surface area contributed by atoms with Crippen LogP contribution in [0.2, 0.25) is 0 Å². The first-order chi connectivity index (χ1) is 33.4. The van der Waals surface area contributed by atoms with E-state index in [1.807, 2.05) is 0 Å². The van der Waals surface area contributed by atoms with Crippen LogP contribution in [0.1, 0.15) is 38.4 Å². The normalized spacial score (nSPS) is 14.3.